The van der Waals surface area contributed by atoms with Gasteiger partial charge in [-0.3, -0.25) is 10.2 Å². The maximum Gasteiger partial charge on any atom is 0.0927 e. The Labute approximate surface area is 233 Å². The highest BCUT2D eigenvalue weighted by atomic mass is 16.5. The number of rotatable bonds is 6. The van der Waals surface area contributed by atoms with Gasteiger partial charge in [-0.25, -0.2) is 0 Å². The molecule has 0 radical (unpaired) electrons. The predicted molar refractivity (Wildman–Crippen MR) is 159 cm³/mol. The van der Waals surface area contributed by atoms with E-state index in [0.717, 1.165) is 97.6 Å². The van der Waals surface area contributed by atoms with Gasteiger partial charge in [0, 0.05) is 48.7 Å². The van der Waals surface area contributed by atoms with E-state index in [1.54, 1.807) is 0 Å². The Hall–Kier alpha value is -4.40. The molecule has 40 heavy (non-hydrogen) atoms. The van der Waals surface area contributed by atoms with E-state index in [1.165, 1.54) is 11.4 Å². The summed E-state index contributed by atoms with van der Waals surface area (Å²) < 4.78 is 10.9. The maximum atomic E-state index is 5.47. The SMILES string of the molecule is c1cc(-c2cc(-c3ccc(N4CCOCC4)cc3)[nH]n2)cc(-c2cc(-c3ccc(N4CCOCC4)cc3)[nH]n2)c1. The molecule has 2 saturated heterocycles. The topological polar surface area (TPSA) is 82.3 Å². The van der Waals surface area contributed by atoms with Crippen molar-refractivity contribution in [3.05, 3.63) is 84.9 Å². The largest absolute Gasteiger partial charge is 0.378 e. The van der Waals surface area contributed by atoms with Crippen molar-refractivity contribution in [2.24, 2.45) is 0 Å². The number of hydrogen-bond donors (Lipinski definition) is 2. The first-order valence-corrected chi connectivity index (χ1v) is 13.9. The Morgan fingerprint density at radius 2 is 0.925 bits per heavy atom. The predicted octanol–water partition coefficient (Wildman–Crippen LogP) is 5.47. The molecule has 2 fully saturated rings. The van der Waals surface area contributed by atoms with Crippen molar-refractivity contribution in [1.82, 2.24) is 20.4 Å². The smallest absolute Gasteiger partial charge is 0.0927 e. The molecule has 0 amide bonds. The van der Waals surface area contributed by atoms with Crippen molar-refractivity contribution in [3.63, 3.8) is 0 Å². The Morgan fingerprint density at radius 1 is 0.500 bits per heavy atom. The standard InChI is InChI=1S/C32H32N6O2/c1-2-25(31-21-29(33-35-31)23-4-8-27(9-5-23)37-12-16-39-17-13-37)20-26(3-1)32-22-30(34-36-32)24-6-10-28(11-7-24)38-14-18-40-19-15-38/h1-11,20-22H,12-19H2,(H,33,35)(H,34,36). The summed E-state index contributed by atoms with van der Waals surface area (Å²) in [7, 11) is 0. The molecule has 0 saturated carbocycles. The number of anilines is 2. The number of nitrogens with zero attached hydrogens (tertiary/aromatic N) is 4. The van der Waals surface area contributed by atoms with Crippen molar-refractivity contribution in [1.29, 1.82) is 0 Å². The number of ether oxygens (including phenoxy) is 2. The molecule has 8 nitrogen and oxygen atoms in total. The van der Waals surface area contributed by atoms with Gasteiger partial charge >= 0.3 is 0 Å². The molecule has 3 aromatic carbocycles. The summed E-state index contributed by atoms with van der Waals surface area (Å²) in [5, 5.41) is 15.7. The summed E-state index contributed by atoms with van der Waals surface area (Å²) in [6.07, 6.45) is 0. The Morgan fingerprint density at radius 3 is 1.35 bits per heavy atom. The van der Waals surface area contributed by atoms with Crippen LogP contribution in [0.1, 0.15) is 0 Å². The highest BCUT2D eigenvalue weighted by Crippen LogP contribution is 2.30. The van der Waals surface area contributed by atoms with Crippen molar-refractivity contribution in [2.75, 3.05) is 62.4 Å². The average Bonchev–Trinajstić information content (AvgIpc) is 3.74. The summed E-state index contributed by atoms with van der Waals surface area (Å²) in [5.41, 5.74) is 10.6. The van der Waals surface area contributed by atoms with Crippen molar-refractivity contribution >= 4 is 11.4 Å². The minimum Gasteiger partial charge on any atom is -0.378 e. The summed E-state index contributed by atoms with van der Waals surface area (Å²) in [6, 6.07) is 29.9. The summed E-state index contributed by atoms with van der Waals surface area (Å²) >= 11 is 0. The number of hydrogen-bond acceptors (Lipinski definition) is 6. The molecule has 4 heterocycles. The van der Waals surface area contributed by atoms with Crippen molar-refractivity contribution in [3.8, 4) is 45.0 Å². The van der Waals surface area contributed by atoms with E-state index in [4.69, 9.17) is 9.47 Å². The van der Waals surface area contributed by atoms with E-state index >= 15 is 0 Å². The summed E-state index contributed by atoms with van der Waals surface area (Å²) in [5.74, 6) is 0. The monoisotopic (exact) mass is 532 g/mol. The van der Waals surface area contributed by atoms with Crippen LogP contribution in [-0.4, -0.2) is 73.0 Å². The van der Waals surface area contributed by atoms with Crippen molar-refractivity contribution < 1.29 is 9.47 Å². The van der Waals surface area contributed by atoms with Gasteiger partial charge in [0.2, 0.25) is 0 Å². The third-order valence-electron chi connectivity index (χ3n) is 7.72. The van der Waals surface area contributed by atoms with Gasteiger partial charge in [0.05, 0.1) is 49.2 Å². The molecule has 202 valence electrons. The second-order valence-electron chi connectivity index (χ2n) is 10.2. The average molecular weight is 533 g/mol. The van der Waals surface area contributed by atoms with E-state index < -0.39 is 0 Å². The molecular weight excluding hydrogens is 500 g/mol. The van der Waals surface area contributed by atoms with Gasteiger partial charge in [-0.2, -0.15) is 10.2 Å². The number of benzene rings is 3. The first kappa shape index (κ1) is 24.6. The van der Waals surface area contributed by atoms with E-state index in [9.17, 15) is 0 Å². The zero-order valence-electron chi connectivity index (χ0n) is 22.3. The lowest BCUT2D eigenvalue weighted by molar-refractivity contribution is 0.122. The number of H-pyrrole nitrogens is 2. The van der Waals surface area contributed by atoms with Crippen LogP contribution in [0.2, 0.25) is 0 Å². The fourth-order valence-corrected chi connectivity index (χ4v) is 5.42. The van der Waals surface area contributed by atoms with Crippen LogP contribution >= 0.6 is 0 Å². The Bertz CT molecular complexity index is 1450. The summed E-state index contributed by atoms with van der Waals surface area (Å²) in [4.78, 5) is 4.72. The minimum absolute atomic E-state index is 0.784. The lowest BCUT2D eigenvalue weighted by Crippen LogP contribution is -2.36. The van der Waals surface area contributed by atoms with Gasteiger partial charge < -0.3 is 19.3 Å². The molecule has 2 N–H and O–H groups in total. The maximum absolute atomic E-state index is 5.47. The fraction of sp³-hybridized carbons (Fsp3) is 0.250. The van der Waals surface area contributed by atoms with Gasteiger partial charge in [0.25, 0.3) is 0 Å². The van der Waals surface area contributed by atoms with Gasteiger partial charge in [-0.05, 0) is 53.6 Å². The molecule has 2 aliphatic rings. The third-order valence-corrected chi connectivity index (χ3v) is 7.72. The van der Waals surface area contributed by atoms with Gasteiger partial charge in [0.15, 0.2) is 0 Å². The highest BCUT2D eigenvalue weighted by Gasteiger charge is 2.14. The lowest BCUT2D eigenvalue weighted by atomic mass is 10.0. The van der Waals surface area contributed by atoms with Gasteiger partial charge in [0.1, 0.15) is 0 Å². The third kappa shape index (κ3) is 5.11. The first-order chi connectivity index (χ1) is 19.8. The van der Waals surface area contributed by atoms with Crippen molar-refractivity contribution in [2.45, 2.75) is 0 Å². The molecule has 8 heteroatoms. The molecule has 0 unspecified atom stereocenters. The number of morpholine rings is 2. The zero-order chi connectivity index (χ0) is 26.7. The van der Waals surface area contributed by atoms with Crippen LogP contribution in [0, 0.1) is 0 Å². The lowest BCUT2D eigenvalue weighted by Gasteiger charge is -2.28. The second kappa shape index (κ2) is 11.0. The molecule has 0 atom stereocenters. The molecule has 7 rings (SSSR count). The van der Waals surface area contributed by atoms with E-state index in [1.807, 2.05) is 0 Å². The molecule has 5 aromatic rings. The molecular formula is C32H32N6O2. The number of nitrogens with one attached hydrogen (secondary N) is 2. The van der Waals surface area contributed by atoms with Crippen LogP contribution in [0.5, 0.6) is 0 Å². The van der Waals surface area contributed by atoms with Gasteiger partial charge in [-0.1, -0.05) is 42.5 Å². The fourth-order valence-electron chi connectivity index (χ4n) is 5.42. The van der Waals surface area contributed by atoms with Crippen LogP contribution in [0.15, 0.2) is 84.9 Å². The number of aromatic amines is 2. The molecule has 2 aliphatic heterocycles. The van der Waals surface area contributed by atoms with Crippen LogP contribution < -0.4 is 9.80 Å². The van der Waals surface area contributed by atoms with Crippen LogP contribution in [0.4, 0.5) is 11.4 Å². The minimum atomic E-state index is 0.784. The Balaban J connectivity index is 1.07. The van der Waals surface area contributed by atoms with Gasteiger partial charge in [-0.15, -0.1) is 0 Å². The zero-order valence-corrected chi connectivity index (χ0v) is 22.3. The number of aromatic nitrogens is 4. The quantitative estimate of drug-likeness (QED) is 0.302. The molecule has 0 spiro atoms. The normalized spacial score (nSPS) is 15.9. The van der Waals surface area contributed by atoms with E-state index in [2.05, 4.69) is 115 Å². The summed E-state index contributed by atoms with van der Waals surface area (Å²) in [6.45, 7) is 6.87. The first-order valence-electron chi connectivity index (χ1n) is 13.9. The van der Waals surface area contributed by atoms with E-state index in [-0.39, 0.29) is 0 Å². The molecule has 2 aromatic heterocycles. The van der Waals surface area contributed by atoms with Crippen LogP contribution in [-0.2, 0) is 9.47 Å². The molecule has 0 bridgehead atoms. The Kier molecular flexibility index (Phi) is 6.77. The second-order valence-corrected chi connectivity index (χ2v) is 10.2. The van der Waals surface area contributed by atoms with E-state index in [0.29, 0.717) is 0 Å². The highest BCUT2D eigenvalue weighted by molar-refractivity contribution is 5.75. The van der Waals surface area contributed by atoms with Crippen LogP contribution in [0.3, 0.4) is 0 Å². The molecule has 0 aliphatic carbocycles. The van der Waals surface area contributed by atoms with Crippen LogP contribution in [0.25, 0.3) is 45.0 Å².